The minimum Gasteiger partial charge on any atom is -0.497 e. The van der Waals surface area contributed by atoms with E-state index >= 15 is 0 Å². The quantitative estimate of drug-likeness (QED) is 0.447. The molecule has 0 bridgehead atoms. The lowest BCUT2D eigenvalue weighted by Gasteiger charge is -2.23. The summed E-state index contributed by atoms with van der Waals surface area (Å²) in [4.78, 5) is 28.4. The number of pyridine rings is 1. The summed E-state index contributed by atoms with van der Waals surface area (Å²) in [6.07, 6.45) is 0.622. The smallest absolute Gasteiger partial charge is 0.303 e. The first-order valence-corrected chi connectivity index (χ1v) is 11.1. The van der Waals surface area contributed by atoms with E-state index < -0.39 is 12.0 Å². The van der Waals surface area contributed by atoms with Gasteiger partial charge >= 0.3 is 5.97 Å². The van der Waals surface area contributed by atoms with E-state index in [1.165, 1.54) is 5.01 Å². The van der Waals surface area contributed by atoms with Crippen LogP contribution in [0.25, 0.3) is 10.9 Å². The average molecular weight is 486 g/mol. The number of aliphatic carboxylic acids is 1. The lowest BCUT2D eigenvalue weighted by atomic mass is 9.98. The van der Waals surface area contributed by atoms with Crippen LogP contribution in [-0.4, -0.2) is 39.8 Å². The first kappa shape index (κ1) is 23.0. The Morgan fingerprint density at radius 1 is 1.15 bits per heavy atom. The van der Waals surface area contributed by atoms with Gasteiger partial charge in [0.05, 0.1) is 24.4 Å². The molecule has 0 saturated carbocycles. The molecule has 7 nitrogen and oxygen atoms in total. The number of carbonyl (C=O) groups is 2. The number of fused-ring (bicyclic) bond motifs is 1. The Hall–Kier alpha value is -3.16. The molecule has 1 aromatic heterocycles. The number of hydrogen-bond acceptors (Lipinski definition) is 5. The summed E-state index contributed by atoms with van der Waals surface area (Å²) in [6, 6.07) is 14.2. The average Bonchev–Trinajstić information content (AvgIpc) is 3.23. The second-order valence-electron chi connectivity index (χ2n) is 7.69. The number of hydrogen-bond donors (Lipinski definition) is 1. The molecule has 0 fully saturated rings. The maximum atomic E-state index is 13.0. The van der Waals surface area contributed by atoms with Crippen LogP contribution in [0.2, 0.25) is 10.2 Å². The van der Waals surface area contributed by atoms with Crippen LogP contribution >= 0.6 is 23.2 Å². The molecule has 2 heterocycles. The highest BCUT2D eigenvalue weighted by atomic mass is 35.5. The monoisotopic (exact) mass is 485 g/mol. The van der Waals surface area contributed by atoms with E-state index in [0.29, 0.717) is 34.0 Å². The Kier molecular flexibility index (Phi) is 6.81. The maximum Gasteiger partial charge on any atom is 0.303 e. The predicted octanol–water partition coefficient (Wildman–Crippen LogP) is 5.48. The minimum absolute atomic E-state index is 0.0605. The highest BCUT2D eigenvalue weighted by molar-refractivity contribution is 6.31. The number of hydrazone groups is 1. The number of benzene rings is 2. The van der Waals surface area contributed by atoms with Gasteiger partial charge in [-0.3, -0.25) is 9.59 Å². The summed E-state index contributed by atoms with van der Waals surface area (Å²) in [6.45, 7) is 0. The Balaban J connectivity index is 1.70. The molecule has 0 saturated heterocycles. The molecular weight excluding hydrogens is 465 g/mol. The summed E-state index contributed by atoms with van der Waals surface area (Å²) in [7, 11) is 1.58. The number of rotatable bonds is 7. The number of nitrogens with zero attached hydrogens (tertiary/aromatic N) is 3. The van der Waals surface area contributed by atoms with Gasteiger partial charge in [-0.2, -0.15) is 5.10 Å². The first-order valence-electron chi connectivity index (χ1n) is 10.4. The molecule has 170 valence electrons. The molecule has 0 radical (unpaired) electrons. The Bertz CT molecular complexity index is 1260. The van der Waals surface area contributed by atoms with Crippen molar-refractivity contribution in [1.29, 1.82) is 0 Å². The number of carbonyl (C=O) groups excluding carboxylic acids is 1. The summed E-state index contributed by atoms with van der Waals surface area (Å²) in [5.74, 6) is -0.549. The van der Waals surface area contributed by atoms with Crippen molar-refractivity contribution in [2.24, 2.45) is 5.10 Å². The van der Waals surface area contributed by atoms with Crippen LogP contribution < -0.4 is 4.74 Å². The Morgan fingerprint density at radius 2 is 1.97 bits per heavy atom. The molecule has 0 unspecified atom stereocenters. The van der Waals surface area contributed by atoms with Gasteiger partial charge in [0, 0.05) is 41.3 Å². The van der Waals surface area contributed by atoms with Crippen LogP contribution in [0.1, 0.15) is 42.9 Å². The van der Waals surface area contributed by atoms with Crippen molar-refractivity contribution in [2.45, 2.75) is 31.7 Å². The number of ether oxygens (including phenoxy) is 1. The second kappa shape index (κ2) is 9.77. The zero-order chi connectivity index (χ0) is 23.5. The van der Waals surface area contributed by atoms with Crippen LogP contribution in [0.5, 0.6) is 5.75 Å². The highest BCUT2D eigenvalue weighted by Crippen LogP contribution is 2.38. The lowest BCUT2D eigenvalue weighted by molar-refractivity contribution is -0.137. The molecule has 0 aliphatic carbocycles. The molecule has 4 rings (SSSR count). The van der Waals surface area contributed by atoms with Crippen molar-refractivity contribution in [3.05, 3.63) is 69.8 Å². The summed E-state index contributed by atoms with van der Waals surface area (Å²) in [5.41, 5.74) is 2.85. The topological polar surface area (TPSA) is 92.1 Å². The van der Waals surface area contributed by atoms with Gasteiger partial charge in [-0.05, 0) is 42.3 Å². The third-order valence-electron chi connectivity index (χ3n) is 5.47. The molecule has 1 N–H and O–H groups in total. The standard InChI is InChI=1S/C24H21Cl2N3O4/c1-33-17-9-8-15-11-18(24(26)27-19(15)12-17)21-13-20(14-4-2-5-16(25)10-14)28-29(21)22(30)6-3-7-23(31)32/h2,4-5,8-12,21H,3,6-7,13H2,1H3,(H,31,32)/t21-/m0/s1. The Labute approximate surface area is 200 Å². The number of carboxylic acids is 1. The van der Waals surface area contributed by atoms with E-state index in [1.807, 2.05) is 30.3 Å². The highest BCUT2D eigenvalue weighted by Gasteiger charge is 2.34. The molecule has 9 heteroatoms. The third kappa shape index (κ3) is 5.10. The molecule has 33 heavy (non-hydrogen) atoms. The zero-order valence-electron chi connectivity index (χ0n) is 17.8. The molecular formula is C24H21Cl2N3O4. The normalized spacial score (nSPS) is 15.5. The fraction of sp³-hybridized carbons (Fsp3) is 0.250. The van der Waals surface area contributed by atoms with Gasteiger partial charge < -0.3 is 9.84 Å². The van der Waals surface area contributed by atoms with Crippen molar-refractivity contribution < 1.29 is 19.4 Å². The van der Waals surface area contributed by atoms with Gasteiger partial charge in [0.15, 0.2) is 0 Å². The fourth-order valence-corrected chi connectivity index (χ4v) is 4.29. The zero-order valence-corrected chi connectivity index (χ0v) is 19.3. The van der Waals surface area contributed by atoms with Gasteiger partial charge in [-0.25, -0.2) is 9.99 Å². The van der Waals surface area contributed by atoms with Crippen LogP contribution in [0.4, 0.5) is 0 Å². The van der Waals surface area contributed by atoms with Gasteiger partial charge in [0.1, 0.15) is 10.9 Å². The minimum atomic E-state index is -0.943. The third-order valence-corrected chi connectivity index (χ3v) is 6.01. The van der Waals surface area contributed by atoms with Crippen molar-refractivity contribution in [2.75, 3.05) is 7.11 Å². The largest absolute Gasteiger partial charge is 0.497 e. The molecule has 2 aromatic carbocycles. The van der Waals surface area contributed by atoms with Crippen molar-refractivity contribution in [3.8, 4) is 5.75 Å². The number of amides is 1. The molecule has 1 amide bonds. The Morgan fingerprint density at radius 3 is 2.70 bits per heavy atom. The van der Waals surface area contributed by atoms with Crippen LogP contribution in [-0.2, 0) is 9.59 Å². The molecule has 1 aliphatic rings. The van der Waals surface area contributed by atoms with Gasteiger partial charge in [-0.1, -0.05) is 35.3 Å². The van der Waals surface area contributed by atoms with Crippen LogP contribution in [0.3, 0.4) is 0 Å². The summed E-state index contributed by atoms with van der Waals surface area (Å²) >= 11 is 12.7. The summed E-state index contributed by atoms with van der Waals surface area (Å²) in [5, 5.41) is 16.6. The van der Waals surface area contributed by atoms with E-state index in [0.717, 1.165) is 10.9 Å². The lowest BCUT2D eigenvalue weighted by Crippen LogP contribution is -2.27. The van der Waals surface area contributed by atoms with Crippen molar-refractivity contribution >= 4 is 51.7 Å². The van der Waals surface area contributed by atoms with E-state index in [9.17, 15) is 9.59 Å². The van der Waals surface area contributed by atoms with E-state index in [2.05, 4.69) is 10.1 Å². The number of methoxy groups -OCH3 is 1. The van der Waals surface area contributed by atoms with Crippen LogP contribution in [0, 0.1) is 0 Å². The van der Waals surface area contributed by atoms with Crippen LogP contribution in [0.15, 0.2) is 53.6 Å². The van der Waals surface area contributed by atoms with E-state index in [4.69, 9.17) is 33.0 Å². The molecule has 1 atom stereocenters. The predicted molar refractivity (Wildman–Crippen MR) is 127 cm³/mol. The number of aromatic nitrogens is 1. The van der Waals surface area contributed by atoms with E-state index in [1.54, 1.807) is 25.3 Å². The second-order valence-corrected chi connectivity index (χ2v) is 8.48. The first-order chi connectivity index (χ1) is 15.9. The maximum absolute atomic E-state index is 13.0. The van der Waals surface area contributed by atoms with Gasteiger partial charge in [0.2, 0.25) is 5.91 Å². The van der Waals surface area contributed by atoms with Crippen molar-refractivity contribution in [3.63, 3.8) is 0 Å². The number of carboxylic acid groups (broad SMARTS) is 1. The van der Waals surface area contributed by atoms with Crippen molar-refractivity contribution in [1.82, 2.24) is 9.99 Å². The van der Waals surface area contributed by atoms with Gasteiger partial charge in [0.25, 0.3) is 0 Å². The molecule has 1 aliphatic heterocycles. The molecule has 3 aromatic rings. The number of halogens is 2. The van der Waals surface area contributed by atoms with Gasteiger partial charge in [-0.15, -0.1) is 0 Å². The SMILES string of the molecule is COc1ccc2cc([C@@H]3CC(c4cccc(Cl)c4)=NN3C(=O)CCCC(=O)O)c(Cl)nc2c1. The summed E-state index contributed by atoms with van der Waals surface area (Å²) < 4.78 is 5.26. The molecule has 0 spiro atoms. The van der Waals surface area contributed by atoms with E-state index in [-0.39, 0.29) is 30.3 Å². The fourth-order valence-electron chi connectivity index (χ4n) is 3.83.